The molecule has 3 rings (SSSR count). The number of rotatable bonds is 2. The van der Waals surface area contributed by atoms with Crippen LogP contribution < -0.4 is 9.47 Å². The summed E-state index contributed by atoms with van der Waals surface area (Å²) in [7, 11) is 3.27. The van der Waals surface area contributed by atoms with Crippen LogP contribution in [-0.2, 0) is 0 Å². The zero-order valence-electron chi connectivity index (χ0n) is 14.5. The van der Waals surface area contributed by atoms with Crippen LogP contribution in [0.25, 0.3) is 0 Å². The fourth-order valence-electron chi connectivity index (χ4n) is 2.09. The third-order valence-corrected chi connectivity index (χ3v) is 3.51. The second-order valence-electron chi connectivity index (χ2n) is 5.26. The zero-order chi connectivity index (χ0) is 18.2. The lowest BCUT2D eigenvalue weighted by molar-refractivity contribution is 0.414. The first-order valence-electron chi connectivity index (χ1n) is 7.93. The Morgan fingerprint density at radius 2 is 0.923 bits per heavy atom. The number of hydrogen-bond donors (Lipinski definition) is 0. The van der Waals surface area contributed by atoms with Gasteiger partial charge in [0, 0.05) is 11.1 Å². The van der Waals surface area contributed by atoms with Gasteiger partial charge in [0.1, 0.15) is 22.9 Å². The van der Waals surface area contributed by atoms with Crippen molar-refractivity contribution in [2.45, 2.75) is 0 Å². The topological polar surface area (TPSA) is 44.2 Å². The van der Waals surface area contributed by atoms with Crippen molar-refractivity contribution in [3.05, 3.63) is 83.2 Å². The summed E-state index contributed by atoms with van der Waals surface area (Å²) in [4.78, 5) is 0. The maximum absolute atomic E-state index is 5.12. The smallest absolute Gasteiger partial charge is 0.136 e. The fraction of sp³-hybridized carbons (Fsp3) is 0.0909. The molecule has 126 valence electrons. The molecule has 0 spiro atoms. The molecule has 2 aromatic carbocycles. The highest BCUT2D eigenvalue weighted by Crippen LogP contribution is 2.11. The molecule has 1 aromatic heterocycles. The first-order valence-corrected chi connectivity index (χ1v) is 7.93. The lowest BCUT2D eigenvalue weighted by atomic mass is 10.2. The number of hydrogen-bond acceptors (Lipinski definition) is 4. The molecule has 0 unspecified atom stereocenters. The summed E-state index contributed by atoms with van der Waals surface area (Å²) in [5.74, 6) is 13.7. The highest BCUT2D eigenvalue weighted by atomic mass is 16.5. The van der Waals surface area contributed by atoms with Crippen LogP contribution in [0.4, 0.5) is 0 Å². The standard InChI is InChI=1S/C22H16N2O2/c1-25-21-13-5-17(6-14-21)3-9-19-11-12-20(24-23-19)10-4-18-7-15-22(26-2)16-8-18/h5-8,11-16H,1-2H3. The molecular formula is C22H16N2O2. The summed E-state index contributed by atoms with van der Waals surface area (Å²) in [5, 5.41) is 8.19. The average molecular weight is 340 g/mol. The van der Waals surface area contributed by atoms with Crippen molar-refractivity contribution in [3.63, 3.8) is 0 Å². The number of nitrogens with zero attached hydrogens (tertiary/aromatic N) is 2. The Morgan fingerprint density at radius 3 is 1.23 bits per heavy atom. The number of benzene rings is 2. The van der Waals surface area contributed by atoms with E-state index in [9.17, 15) is 0 Å². The van der Waals surface area contributed by atoms with Crippen LogP contribution >= 0.6 is 0 Å². The number of ether oxygens (including phenoxy) is 2. The van der Waals surface area contributed by atoms with Crippen molar-refractivity contribution in [3.8, 4) is 35.2 Å². The molecule has 0 fully saturated rings. The van der Waals surface area contributed by atoms with Crippen LogP contribution in [0.1, 0.15) is 22.5 Å². The van der Waals surface area contributed by atoms with E-state index in [1.165, 1.54) is 0 Å². The molecule has 0 aliphatic heterocycles. The zero-order valence-corrected chi connectivity index (χ0v) is 14.5. The van der Waals surface area contributed by atoms with Crippen LogP contribution in [0.15, 0.2) is 60.7 Å². The van der Waals surface area contributed by atoms with Gasteiger partial charge in [0.25, 0.3) is 0 Å². The molecule has 4 heteroatoms. The molecule has 0 N–H and O–H groups in total. The van der Waals surface area contributed by atoms with Crippen LogP contribution in [0.5, 0.6) is 11.5 Å². The molecule has 0 aliphatic rings. The minimum Gasteiger partial charge on any atom is -0.497 e. The Bertz CT molecular complexity index is 900. The molecular weight excluding hydrogens is 324 g/mol. The maximum Gasteiger partial charge on any atom is 0.136 e. The quantitative estimate of drug-likeness (QED) is 0.672. The van der Waals surface area contributed by atoms with Gasteiger partial charge in [0.15, 0.2) is 0 Å². The molecule has 1 heterocycles. The van der Waals surface area contributed by atoms with Crippen molar-refractivity contribution in [2.24, 2.45) is 0 Å². The molecule has 0 saturated heterocycles. The first kappa shape index (κ1) is 17.1. The normalized spacial score (nSPS) is 9.31. The van der Waals surface area contributed by atoms with Crippen LogP contribution in [0, 0.1) is 23.7 Å². The predicted molar refractivity (Wildman–Crippen MR) is 100.0 cm³/mol. The van der Waals surface area contributed by atoms with Crippen LogP contribution in [0.2, 0.25) is 0 Å². The Labute approximate surface area is 152 Å². The first-order chi connectivity index (χ1) is 12.8. The molecule has 0 atom stereocenters. The second-order valence-corrected chi connectivity index (χ2v) is 5.26. The predicted octanol–water partition coefficient (Wildman–Crippen LogP) is 3.29. The Balaban J connectivity index is 1.68. The summed E-state index contributed by atoms with van der Waals surface area (Å²) in [5.41, 5.74) is 2.96. The summed E-state index contributed by atoms with van der Waals surface area (Å²) < 4.78 is 10.2. The van der Waals surface area contributed by atoms with Crippen molar-refractivity contribution < 1.29 is 9.47 Å². The average Bonchev–Trinajstić information content (AvgIpc) is 2.72. The van der Waals surface area contributed by atoms with Gasteiger partial charge in [-0.25, -0.2) is 0 Å². The van der Waals surface area contributed by atoms with E-state index in [0.717, 1.165) is 22.6 Å². The van der Waals surface area contributed by atoms with E-state index in [1.54, 1.807) is 14.2 Å². The maximum atomic E-state index is 5.12. The van der Waals surface area contributed by atoms with Gasteiger partial charge in [0.2, 0.25) is 0 Å². The lowest BCUT2D eigenvalue weighted by Gasteiger charge is -1.97. The van der Waals surface area contributed by atoms with Gasteiger partial charge >= 0.3 is 0 Å². The third-order valence-electron chi connectivity index (χ3n) is 3.51. The van der Waals surface area contributed by atoms with E-state index in [4.69, 9.17) is 9.47 Å². The van der Waals surface area contributed by atoms with E-state index in [2.05, 4.69) is 33.9 Å². The third kappa shape index (κ3) is 4.63. The molecule has 0 amide bonds. The SMILES string of the molecule is COc1ccc(C#Cc2ccc(C#Cc3ccc(OC)cc3)nn2)cc1. The molecule has 3 aromatic rings. The molecule has 0 saturated carbocycles. The lowest BCUT2D eigenvalue weighted by Crippen LogP contribution is -1.90. The molecule has 0 bridgehead atoms. The number of aromatic nitrogens is 2. The Morgan fingerprint density at radius 1 is 0.538 bits per heavy atom. The largest absolute Gasteiger partial charge is 0.497 e. The van der Waals surface area contributed by atoms with Crippen molar-refractivity contribution >= 4 is 0 Å². The van der Waals surface area contributed by atoms with Gasteiger partial charge in [-0.05, 0) is 72.5 Å². The van der Waals surface area contributed by atoms with E-state index in [0.29, 0.717) is 11.4 Å². The van der Waals surface area contributed by atoms with E-state index < -0.39 is 0 Å². The van der Waals surface area contributed by atoms with Crippen LogP contribution in [-0.4, -0.2) is 24.4 Å². The van der Waals surface area contributed by atoms with E-state index in [-0.39, 0.29) is 0 Å². The van der Waals surface area contributed by atoms with Crippen LogP contribution in [0.3, 0.4) is 0 Å². The van der Waals surface area contributed by atoms with Crippen molar-refractivity contribution in [2.75, 3.05) is 14.2 Å². The van der Waals surface area contributed by atoms with Gasteiger partial charge in [-0.1, -0.05) is 11.8 Å². The van der Waals surface area contributed by atoms with E-state index >= 15 is 0 Å². The monoisotopic (exact) mass is 340 g/mol. The second kappa shape index (κ2) is 8.37. The summed E-state index contributed by atoms with van der Waals surface area (Å²) in [6.45, 7) is 0. The fourth-order valence-corrected chi connectivity index (χ4v) is 2.09. The van der Waals surface area contributed by atoms with Gasteiger partial charge in [-0.2, -0.15) is 0 Å². The molecule has 0 radical (unpaired) electrons. The van der Waals surface area contributed by atoms with Gasteiger partial charge in [0.05, 0.1) is 14.2 Å². The van der Waals surface area contributed by atoms with Crippen molar-refractivity contribution in [1.29, 1.82) is 0 Å². The molecule has 0 aliphatic carbocycles. The molecule has 4 nitrogen and oxygen atoms in total. The number of methoxy groups -OCH3 is 2. The summed E-state index contributed by atoms with van der Waals surface area (Å²) in [6, 6.07) is 18.7. The van der Waals surface area contributed by atoms with Gasteiger partial charge in [-0.15, -0.1) is 10.2 Å². The molecule has 26 heavy (non-hydrogen) atoms. The minimum absolute atomic E-state index is 0.593. The Hall–Kier alpha value is -3.76. The highest BCUT2D eigenvalue weighted by Gasteiger charge is 1.94. The highest BCUT2D eigenvalue weighted by molar-refractivity contribution is 5.44. The minimum atomic E-state index is 0.593. The summed E-state index contributed by atoms with van der Waals surface area (Å²) >= 11 is 0. The Kier molecular flexibility index (Phi) is 5.50. The van der Waals surface area contributed by atoms with Gasteiger partial charge < -0.3 is 9.47 Å². The van der Waals surface area contributed by atoms with Gasteiger partial charge in [-0.3, -0.25) is 0 Å². The van der Waals surface area contributed by atoms with Crippen molar-refractivity contribution in [1.82, 2.24) is 10.2 Å². The summed E-state index contributed by atoms with van der Waals surface area (Å²) in [6.07, 6.45) is 0. The van der Waals surface area contributed by atoms with E-state index in [1.807, 2.05) is 60.7 Å².